The van der Waals surface area contributed by atoms with E-state index in [1.807, 2.05) is 25.4 Å². The van der Waals surface area contributed by atoms with E-state index < -0.39 is 0 Å². The lowest BCUT2D eigenvalue weighted by atomic mass is 10.0. The average Bonchev–Trinajstić information content (AvgIpc) is 2.54. The van der Waals surface area contributed by atoms with Crippen LogP contribution in [0.3, 0.4) is 0 Å². The van der Waals surface area contributed by atoms with Crippen LogP contribution in [0.1, 0.15) is 19.8 Å². The first kappa shape index (κ1) is 16.0. The summed E-state index contributed by atoms with van der Waals surface area (Å²) < 4.78 is 5.48. The molecule has 1 aromatic rings. The number of terminal acetylenes is 1. The molecule has 1 aliphatic heterocycles. The summed E-state index contributed by atoms with van der Waals surface area (Å²) in [6, 6.07) is 2.28. The van der Waals surface area contributed by atoms with Gasteiger partial charge in [-0.25, -0.2) is 0 Å². The summed E-state index contributed by atoms with van der Waals surface area (Å²) in [5.41, 5.74) is 1.99. The van der Waals surface area contributed by atoms with Gasteiger partial charge in [-0.05, 0) is 19.8 Å². The first-order valence-corrected chi connectivity index (χ1v) is 7.47. The van der Waals surface area contributed by atoms with Crippen molar-refractivity contribution < 1.29 is 4.74 Å². The summed E-state index contributed by atoms with van der Waals surface area (Å²) in [5, 5.41) is 0. The number of piperidine rings is 1. The van der Waals surface area contributed by atoms with Crippen LogP contribution in [0.25, 0.3) is 0 Å². The van der Waals surface area contributed by atoms with Crippen LogP contribution in [0, 0.1) is 12.3 Å². The van der Waals surface area contributed by atoms with Gasteiger partial charge in [-0.2, -0.15) is 0 Å². The minimum absolute atomic E-state index is 0.395. The maximum Gasteiger partial charge on any atom is 0.145 e. The summed E-state index contributed by atoms with van der Waals surface area (Å²) in [4.78, 5) is 8.74. The third-order valence-corrected chi connectivity index (χ3v) is 3.90. The molecule has 0 aromatic carbocycles. The summed E-state index contributed by atoms with van der Waals surface area (Å²) in [5.74, 6) is 3.36. The van der Waals surface area contributed by atoms with Crippen molar-refractivity contribution in [3.05, 3.63) is 43.0 Å². The lowest BCUT2D eigenvalue weighted by Crippen LogP contribution is -2.42. The van der Waals surface area contributed by atoms with E-state index in [1.165, 1.54) is 0 Å². The van der Waals surface area contributed by atoms with E-state index in [4.69, 9.17) is 11.2 Å². The number of likely N-dealkylation sites (tertiary alicyclic amines) is 1. The van der Waals surface area contributed by atoms with Gasteiger partial charge < -0.3 is 14.5 Å². The van der Waals surface area contributed by atoms with E-state index in [2.05, 4.69) is 27.3 Å². The Morgan fingerprint density at radius 3 is 2.86 bits per heavy atom. The Balaban J connectivity index is 2.15. The Hall–Kier alpha value is -2.41. The Kier molecular flexibility index (Phi) is 5.48. The number of rotatable bonds is 5. The maximum atomic E-state index is 5.48. The third-order valence-electron chi connectivity index (χ3n) is 3.90. The zero-order valence-electron chi connectivity index (χ0n) is 13.3. The molecular formula is C18H23N3O. The standard InChI is InChI=1S/C18H23N3O/c1-5-6-11-20-12-8-16(9-13-20)21(15(2)3)17-14-19-10-7-18(17)22-4/h1,6-7,10-11,14,16H,2,8-9,12-13H2,3-4H3. The highest BCUT2D eigenvalue weighted by molar-refractivity contribution is 5.61. The van der Waals surface area contributed by atoms with Crippen LogP contribution in [0.15, 0.2) is 43.0 Å². The van der Waals surface area contributed by atoms with Crippen molar-refractivity contribution in [1.29, 1.82) is 0 Å². The molecule has 1 aliphatic rings. The number of allylic oxidation sites excluding steroid dienone is 2. The van der Waals surface area contributed by atoms with Crippen LogP contribution in [0.2, 0.25) is 0 Å². The first-order chi connectivity index (χ1) is 10.7. The Morgan fingerprint density at radius 2 is 2.27 bits per heavy atom. The van der Waals surface area contributed by atoms with Crippen LogP contribution < -0.4 is 9.64 Å². The number of anilines is 1. The van der Waals surface area contributed by atoms with Crippen molar-refractivity contribution in [2.24, 2.45) is 0 Å². The number of hydrogen-bond donors (Lipinski definition) is 0. The monoisotopic (exact) mass is 297 g/mol. The second kappa shape index (κ2) is 7.56. The molecule has 1 fully saturated rings. The number of hydrogen-bond acceptors (Lipinski definition) is 4. The van der Waals surface area contributed by atoms with Gasteiger partial charge in [0.25, 0.3) is 0 Å². The normalized spacial score (nSPS) is 15.6. The van der Waals surface area contributed by atoms with Crippen LogP contribution in [-0.4, -0.2) is 36.1 Å². The van der Waals surface area contributed by atoms with E-state index in [0.717, 1.165) is 43.1 Å². The zero-order chi connectivity index (χ0) is 15.9. The average molecular weight is 297 g/mol. The molecular weight excluding hydrogens is 274 g/mol. The van der Waals surface area contributed by atoms with Gasteiger partial charge in [0, 0.05) is 49.4 Å². The molecule has 1 aromatic heterocycles. The summed E-state index contributed by atoms with van der Waals surface area (Å²) >= 11 is 0. The lowest BCUT2D eigenvalue weighted by molar-refractivity contribution is 0.280. The number of ether oxygens (including phenoxy) is 1. The number of methoxy groups -OCH3 is 1. The molecule has 22 heavy (non-hydrogen) atoms. The quantitative estimate of drug-likeness (QED) is 0.781. The topological polar surface area (TPSA) is 28.6 Å². The molecule has 0 saturated carbocycles. The smallest absolute Gasteiger partial charge is 0.145 e. The molecule has 4 nitrogen and oxygen atoms in total. The maximum absolute atomic E-state index is 5.48. The highest BCUT2D eigenvalue weighted by Crippen LogP contribution is 2.33. The fourth-order valence-corrected chi connectivity index (χ4v) is 2.88. The van der Waals surface area contributed by atoms with Crippen molar-refractivity contribution >= 4 is 5.69 Å². The SMILES string of the molecule is C#CC=CN1CCC(N(C(=C)C)c2cnccc2OC)CC1. The molecule has 4 heteroatoms. The minimum atomic E-state index is 0.395. The molecule has 0 spiro atoms. The Bertz CT molecular complexity index is 580. The van der Waals surface area contributed by atoms with Crippen molar-refractivity contribution in [3.8, 4) is 18.1 Å². The molecule has 0 atom stereocenters. The van der Waals surface area contributed by atoms with Gasteiger partial charge in [0.1, 0.15) is 11.4 Å². The molecule has 0 amide bonds. The zero-order valence-corrected chi connectivity index (χ0v) is 13.3. The number of pyridine rings is 1. The predicted molar refractivity (Wildman–Crippen MR) is 90.7 cm³/mol. The third kappa shape index (κ3) is 3.62. The van der Waals surface area contributed by atoms with Gasteiger partial charge in [-0.3, -0.25) is 4.98 Å². The van der Waals surface area contributed by atoms with Crippen molar-refractivity contribution in [2.45, 2.75) is 25.8 Å². The van der Waals surface area contributed by atoms with Gasteiger partial charge in [0.05, 0.1) is 13.3 Å². The van der Waals surface area contributed by atoms with Gasteiger partial charge in [0.2, 0.25) is 0 Å². The summed E-state index contributed by atoms with van der Waals surface area (Å²) in [6.07, 6.45) is 14.7. The fraction of sp³-hybridized carbons (Fsp3) is 0.389. The molecule has 0 bridgehead atoms. The van der Waals surface area contributed by atoms with E-state index in [1.54, 1.807) is 19.4 Å². The van der Waals surface area contributed by atoms with Crippen LogP contribution in [-0.2, 0) is 0 Å². The van der Waals surface area contributed by atoms with Gasteiger partial charge in [-0.15, -0.1) is 6.42 Å². The lowest BCUT2D eigenvalue weighted by Gasteiger charge is -2.39. The van der Waals surface area contributed by atoms with Crippen molar-refractivity contribution in [2.75, 3.05) is 25.1 Å². The molecule has 1 saturated heterocycles. The minimum Gasteiger partial charge on any atom is -0.494 e. The largest absolute Gasteiger partial charge is 0.494 e. The predicted octanol–water partition coefficient (Wildman–Crippen LogP) is 3.04. The van der Waals surface area contributed by atoms with E-state index in [-0.39, 0.29) is 0 Å². The summed E-state index contributed by atoms with van der Waals surface area (Å²) in [7, 11) is 1.68. The molecule has 2 rings (SSSR count). The van der Waals surface area contributed by atoms with Crippen molar-refractivity contribution in [3.63, 3.8) is 0 Å². The first-order valence-electron chi connectivity index (χ1n) is 7.47. The molecule has 0 radical (unpaired) electrons. The molecule has 2 heterocycles. The van der Waals surface area contributed by atoms with Gasteiger partial charge >= 0.3 is 0 Å². The molecule has 116 valence electrons. The van der Waals surface area contributed by atoms with Gasteiger partial charge in [-0.1, -0.05) is 12.5 Å². The Morgan fingerprint density at radius 1 is 1.55 bits per heavy atom. The highest BCUT2D eigenvalue weighted by Gasteiger charge is 2.26. The second-order valence-electron chi connectivity index (χ2n) is 5.40. The second-order valence-corrected chi connectivity index (χ2v) is 5.40. The highest BCUT2D eigenvalue weighted by atomic mass is 16.5. The van der Waals surface area contributed by atoms with E-state index in [9.17, 15) is 0 Å². The Labute approximate surface area is 133 Å². The van der Waals surface area contributed by atoms with Gasteiger partial charge in [0.15, 0.2) is 0 Å². The van der Waals surface area contributed by atoms with Crippen LogP contribution in [0.4, 0.5) is 5.69 Å². The molecule has 0 unspecified atom stereocenters. The van der Waals surface area contributed by atoms with Crippen molar-refractivity contribution in [1.82, 2.24) is 9.88 Å². The van der Waals surface area contributed by atoms with Crippen LogP contribution in [0.5, 0.6) is 5.75 Å². The van der Waals surface area contributed by atoms with E-state index >= 15 is 0 Å². The van der Waals surface area contributed by atoms with Crippen LogP contribution >= 0.6 is 0 Å². The number of aromatic nitrogens is 1. The number of nitrogens with zero attached hydrogens (tertiary/aromatic N) is 3. The molecule has 0 N–H and O–H groups in total. The fourth-order valence-electron chi connectivity index (χ4n) is 2.88. The molecule has 0 aliphatic carbocycles. The van der Waals surface area contributed by atoms with E-state index in [0.29, 0.717) is 6.04 Å². The summed E-state index contributed by atoms with van der Waals surface area (Å²) in [6.45, 7) is 8.13.